The van der Waals surface area contributed by atoms with Gasteiger partial charge in [0.2, 0.25) is 15.9 Å². The number of sulfonamides is 1. The maximum Gasteiger partial charge on any atom is 0.240 e. The van der Waals surface area contributed by atoms with Gasteiger partial charge in [-0.25, -0.2) is 13.1 Å². The lowest BCUT2D eigenvalue weighted by atomic mass is 9.99. The molecule has 1 atom stereocenters. The van der Waals surface area contributed by atoms with Crippen molar-refractivity contribution in [2.75, 3.05) is 6.54 Å². The van der Waals surface area contributed by atoms with Crippen molar-refractivity contribution in [1.29, 1.82) is 0 Å². The largest absolute Gasteiger partial charge is 0.465 e. The first-order valence-electron chi connectivity index (χ1n) is 9.61. The first-order valence-corrected chi connectivity index (χ1v) is 11.1. The van der Waals surface area contributed by atoms with Gasteiger partial charge in [-0.3, -0.25) is 4.79 Å². The Morgan fingerprint density at radius 2 is 2.00 bits per heavy atom. The van der Waals surface area contributed by atoms with E-state index in [0.717, 1.165) is 29.7 Å². The van der Waals surface area contributed by atoms with E-state index in [1.54, 1.807) is 24.3 Å². The molecule has 1 saturated carbocycles. The number of furan rings is 1. The molecule has 0 saturated heterocycles. The number of nitrogens with zero attached hydrogens (tertiary/aromatic N) is 1. The summed E-state index contributed by atoms with van der Waals surface area (Å²) >= 11 is 0. The number of fused-ring (bicyclic) bond motifs is 1. The molecule has 0 bridgehead atoms. The normalized spacial score (nSPS) is 20.7. The predicted octanol–water partition coefficient (Wildman–Crippen LogP) is 3.00. The van der Waals surface area contributed by atoms with E-state index >= 15 is 0 Å². The highest BCUT2D eigenvalue weighted by atomic mass is 32.2. The molecule has 2 heterocycles. The Morgan fingerprint density at radius 3 is 2.64 bits per heavy atom. The molecule has 2 aliphatic rings. The Kier molecular flexibility index (Phi) is 4.62. The molecule has 28 heavy (non-hydrogen) atoms. The fourth-order valence-electron chi connectivity index (χ4n) is 3.83. The number of aryl methyl sites for hydroxylation is 1. The molecule has 1 aliphatic carbocycles. The quantitative estimate of drug-likeness (QED) is 0.834. The van der Waals surface area contributed by atoms with Crippen LogP contribution in [-0.4, -0.2) is 25.8 Å². The number of carbonyl (C=O) groups is 1. The van der Waals surface area contributed by atoms with Gasteiger partial charge in [0.1, 0.15) is 11.5 Å². The molecule has 1 N–H and O–H groups in total. The van der Waals surface area contributed by atoms with Crippen LogP contribution in [0, 0.1) is 18.3 Å². The first-order chi connectivity index (χ1) is 13.2. The van der Waals surface area contributed by atoms with Gasteiger partial charge in [0.25, 0.3) is 0 Å². The van der Waals surface area contributed by atoms with Crippen LogP contribution in [0.2, 0.25) is 0 Å². The van der Waals surface area contributed by atoms with Gasteiger partial charge in [-0.05, 0) is 60.6 Å². The molecule has 150 valence electrons. The number of amides is 1. The minimum atomic E-state index is -3.66. The zero-order chi connectivity index (χ0) is 20.1. The number of hydrogen-bond donors (Lipinski definition) is 1. The second kappa shape index (κ2) is 6.74. The molecule has 2 aromatic rings. The Morgan fingerprint density at radius 1 is 1.25 bits per heavy atom. The lowest BCUT2D eigenvalue weighted by Gasteiger charge is -2.30. The molecule has 1 aromatic carbocycles. The number of benzene rings is 1. The van der Waals surface area contributed by atoms with Gasteiger partial charge in [0.15, 0.2) is 0 Å². The second-order valence-corrected chi connectivity index (χ2v) is 10.3. The summed E-state index contributed by atoms with van der Waals surface area (Å²) in [6, 6.07) is 8.76. The van der Waals surface area contributed by atoms with Crippen LogP contribution in [0.4, 0.5) is 0 Å². The van der Waals surface area contributed by atoms with E-state index in [4.69, 9.17) is 4.42 Å². The van der Waals surface area contributed by atoms with Crippen molar-refractivity contribution in [2.45, 2.75) is 51.6 Å². The van der Waals surface area contributed by atoms with Gasteiger partial charge >= 0.3 is 0 Å². The van der Waals surface area contributed by atoms with Crippen molar-refractivity contribution in [3.8, 4) is 0 Å². The van der Waals surface area contributed by atoms with Crippen LogP contribution in [0.25, 0.3) is 0 Å². The third-order valence-corrected chi connectivity index (χ3v) is 7.25. The molecule has 0 spiro atoms. The maximum atomic E-state index is 12.7. The maximum absolute atomic E-state index is 12.7. The first kappa shape index (κ1) is 19.2. The average Bonchev–Trinajstić information content (AvgIpc) is 3.09. The molecule has 6 nitrogen and oxygen atoms in total. The summed E-state index contributed by atoms with van der Waals surface area (Å²) in [5.74, 6) is 1.60. The third-order valence-electron chi connectivity index (χ3n) is 5.86. The van der Waals surface area contributed by atoms with E-state index in [-0.39, 0.29) is 28.7 Å². The Bertz CT molecular complexity index is 1020. The molecular weight excluding hydrogens is 376 g/mol. The Labute approximate surface area is 166 Å². The molecule has 1 unspecified atom stereocenters. The molecule has 0 radical (unpaired) electrons. The highest BCUT2D eigenvalue weighted by Gasteiger charge is 2.52. The van der Waals surface area contributed by atoms with Gasteiger partial charge in [-0.15, -0.1) is 0 Å². The second-order valence-electron chi connectivity index (χ2n) is 8.52. The number of carbonyl (C=O) groups excluding carboxylic acids is 1. The summed E-state index contributed by atoms with van der Waals surface area (Å²) in [7, 11) is -3.66. The van der Waals surface area contributed by atoms with Gasteiger partial charge in [-0.2, -0.15) is 0 Å². The lowest BCUT2D eigenvalue weighted by molar-refractivity contribution is -0.134. The summed E-state index contributed by atoms with van der Waals surface area (Å²) in [5.41, 5.74) is 2.12. The van der Waals surface area contributed by atoms with Gasteiger partial charge in [0, 0.05) is 19.0 Å². The van der Waals surface area contributed by atoms with Gasteiger partial charge in [0.05, 0.1) is 11.4 Å². The molecule has 1 fully saturated rings. The molecule has 1 aliphatic heterocycles. The van der Waals surface area contributed by atoms with E-state index < -0.39 is 10.0 Å². The zero-order valence-electron chi connectivity index (χ0n) is 16.5. The minimum Gasteiger partial charge on any atom is -0.465 e. The van der Waals surface area contributed by atoms with E-state index in [9.17, 15) is 13.2 Å². The van der Waals surface area contributed by atoms with Crippen molar-refractivity contribution < 1.29 is 17.6 Å². The molecule has 4 rings (SSSR count). The van der Waals surface area contributed by atoms with Crippen LogP contribution in [-0.2, 0) is 34.3 Å². The van der Waals surface area contributed by atoms with Crippen molar-refractivity contribution in [1.82, 2.24) is 9.62 Å². The van der Waals surface area contributed by atoms with Crippen LogP contribution >= 0.6 is 0 Å². The Hall–Kier alpha value is -2.12. The van der Waals surface area contributed by atoms with Gasteiger partial charge in [-0.1, -0.05) is 19.9 Å². The molecule has 7 heteroatoms. The predicted molar refractivity (Wildman–Crippen MR) is 105 cm³/mol. The lowest BCUT2D eigenvalue weighted by Crippen LogP contribution is -2.37. The fraction of sp³-hybridized carbons (Fsp3) is 0.476. The van der Waals surface area contributed by atoms with Crippen molar-refractivity contribution >= 4 is 15.9 Å². The van der Waals surface area contributed by atoms with Crippen LogP contribution in [0.1, 0.15) is 42.9 Å². The summed E-state index contributed by atoms with van der Waals surface area (Å²) in [4.78, 5) is 14.8. The molecular formula is C21H26N2O4S. The van der Waals surface area contributed by atoms with Gasteiger partial charge < -0.3 is 9.32 Å². The van der Waals surface area contributed by atoms with Crippen molar-refractivity contribution in [3.05, 3.63) is 53.0 Å². The number of nitrogens with one attached hydrogen (secondary N) is 1. The molecule has 1 amide bonds. The third kappa shape index (κ3) is 3.73. The molecule has 1 aromatic heterocycles. The smallest absolute Gasteiger partial charge is 0.240 e. The van der Waals surface area contributed by atoms with E-state index in [1.165, 1.54) is 0 Å². The van der Waals surface area contributed by atoms with Crippen molar-refractivity contribution in [3.63, 3.8) is 0 Å². The minimum absolute atomic E-state index is 0.0939. The van der Waals surface area contributed by atoms with Crippen LogP contribution in [0.15, 0.2) is 39.6 Å². The highest BCUT2D eigenvalue weighted by Crippen LogP contribution is 2.52. The Balaban J connectivity index is 1.48. The van der Waals surface area contributed by atoms with Crippen LogP contribution in [0.5, 0.6) is 0 Å². The van der Waals surface area contributed by atoms with Crippen molar-refractivity contribution in [2.24, 2.45) is 11.3 Å². The summed E-state index contributed by atoms with van der Waals surface area (Å²) < 4.78 is 33.4. The van der Waals surface area contributed by atoms with E-state index in [1.807, 2.05) is 17.9 Å². The summed E-state index contributed by atoms with van der Waals surface area (Å²) in [6.07, 6.45) is 1.69. The average molecular weight is 403 g/mol. The van der Waals surface area contributed by atoms with E-state index in [2.05, 4.69) is 18.6 Å². The van der Waals surface area contributed by atoms with Crippen LogP contribution < -0.4 is 4.72 Å². The number of hydrogen-bond acceptors (Lipinski definition) is 4. The van der Waals surface area contributed by atoms with E-state index in [0.29, 0.717) is 18.8 Å². The summed E-state index contributed by atoms with van der Waals surface area (Å²) in [5, 5.41) is 0. The zero-order valence-corrected chi connectivity index (χ0v) is 17.3. The standard InChI is InChI=1S/C21H26N2O4S/c1-14-4-6-17(27-14)12-22-28(25,26)18-7-5-15-8-9-23(13-16(15)10-18)20(24)19-11-21(19,2)3/h4-7,10,19,22H,8-9,11-13H2,1-3H3. The SMILES string of the molecule is Cc1ccc(CNS(=O)(=O)c2ccc3c(c2)CN(C(=O)C2CC2(C)C)CC3)o1. The summed E-state index contributed by atoms with van der Waals surface area (Å²) in [6.45, 7) is 7.32. The topological polar surface area (TPSA) is 79.6 Å². The number of rotatable bonds is 5. The van der Waals surface area contributed by atoms with Crippen LogP contribution in [0.3, 0.4) is 0 Å². The monoisotopic (exact) mass is 402 g/mol. The fourth-order valence-corrected chi connectivity index (χ4v) is 4.87. The highest BCUT2D eigenvalue weighted by molar-refractivity contribution is 7.89.